The summed E-state index contributed by atoms with van der Waals surface area (Å²) < 4.78 is 13.2. The van der Waals surface area contributed by atoms with Gasteiger partial charge >= 0.3 is 6.03 Å². The van der Waals surface area contributed by atoms with Gasteiger partial charge in [-0.2, -0.15) is 0 Å². The maximum absolute atomic E-state index is 13.2. The van der Waals surface area contributed by atoms with E-state index in [2.05, 4.69) is 0 Å². The predicted molar refractivity (Wildman–Crippen MR) is 105 cm³/mol. The zero-order chi connectivity index (χ0) is 20.4. The molecule has 0 aliphatic carbocycles. The van der Waals surface area contributed by atoms with Gasteiger partial charge in [0, 0.05) is 17.9 Å². The lowest BCUT2D eigenvalue weighted by Crippen LogP contribution is -2.43. The smallest absolute Gasteiger partial charge is 0.311 e. The van der Waals surface area contributed by atoms with Crippen molar-refractivity contribution in [3.05, 3.63) is 59.9 Å². The molecule has 7 heteroatoms. The Balaban J connectivity index is 1.80. The van der Waals surface area contributed by atoms with Gasteiger partial charge in [0.05, 0.1) is 0 Å². The fourth-order valence-corrected chi connectivity index (χ4v) is 3.26. The highest BCUT2D eigenvalue weighted by atomic mass is 19.1. The van der Waals surface area contributed by atoms with Crippen molar-refractivity contribution in [2.45, 2.75) is 26.8 Å². The van der Waals surface area contributed by atoms with Crippen LogP contribution in [-0.2, 0) is 9.59 Å². The van der Waals surface area contributed by atoms with Crippen LogP contribution in [0.1, 0.15) is 19.4 Å². The van der Waals surface area contributed by atoms with Gasteiger partial charge in [-0.1, -0.05) is 17.7 Å². The van der Waals surface area contributed by atoms with E-state index >= 15 is 0 Å². The van der Waals surface area contributed by atoms with Crippen LogP contribution in [0.4, 0.5) is 20.6 Å². The molecule has 2 aromatic rings. The molecule has 1 aliphatic rings. The van der Waals surface area contributed by atoms with Crippen LogP contribution in [0.15, 0.2) is 48.5 Å². The van der Waals surface area contributed by atoms with Crippen molar-refractivity contribution in [2.75, 3.05) is 22.9 Å². The molecule has 4 amide bonds. The third kappa shape index (κ3) is 3.60. The molecule has 0 spiro atoms. The molecule has 0 aromatic heterocycles. The summed E-state index contributed by atoms with van der Waals surface area (Å²) >= 11 is 0. The predicted octanol–water partition coefficient (Wildman–Crippen LogP) is 3.34. The van der Waals surface area contributed by atoms with Crippen molar-refractivity contribution in [1.29, 1.82) is 0 Å². The number of nitrogens with zero attached hydrogens (tertiary/aromatic N) is 3. The molecule has 1 aliphatic heterocycles. The minimum Gasteiger partial charge on any atom is -0.311 e. The minimum atomic E-state index is -0.691. The third-order valence-corrected chi connectivity index (χ3v) is 4.81. The first-order valence-corrected chi connectivity index (χ1v) is 9.10. The Labute approximate surface area is 163 Å². The van der Waals surface area contributed by atoms with E-state index < -0.39 is 29.7 Å². The van der Waals surface area contributed by atoms with Crippen molar-refractivity contribution in [3.63, 3.8) is 0 Å². The number of urea groups is 1. The summed E-state index contributed by atoms with van der Waals surface area (Å²) in [5.74, 6) is -1.23. The number of anilines is 2. The van der Waals surface area contributed by atoms with Gasteiger partial charge in [-0.15, -0.1) is 0 Å². The molecule has 146 valence electrons. The maximum atomic E-state index is 13.2. The zero-order valence-corrected chi connectivity index (χ0v) is 16.1. The largest absolute Gasteiger partial charge is 0.332 e. The number of amides is 4. The van der Waals surface area contributed by atoms with E-state index in [1.165, 1.54) is 34.1 Å². The number of aryl methyl sites for hydroxylation is 1. The summed E-state index contributed by atoms with van der Waals surface area (Å²) in [5, 5.41) is 0. The first-order chi connectivity index (χ1) is 13.3. The van der Waals surface area contributed by atoms with Crippen molar-refractivity contribution in [3.8, 4) is 0 Å². The molecular weight excluding hydrogens is 361 g/mol. The normalized spacial score (nSPS) is 16.6. The molecular formula is C21H22FN3O3. The summed E-state index contributed by atoms with van der Waals surface area (Å²) in [4.78, 5) is 42.0. The summed E-state index contributed by atoms with van der Waals surface area (Å²) in [5.41, 5.74) is 2.16. The summed E-state index contributed by atoms with van der Waals surface area (Å²) in [7, 11) is 0. The molecule has 0 unspecified atom stereocenters. The number of hydrogen-bond acceptors (Lipinski definition) is 3. The minimum absolute atomic E-state index is 0.331. The van der Waals surface area contributed by atoms with Crippen LogP contribution in [0, 0.1) is 12.7 Å². The van der Waals surface area contributed by atoms with Gasteiger partial charge in [0.1, 0.15) is 18.4 Å². The second-order valence-electron chi connectivity index (χ2n) is 6.70. The second-order valence-corrected chi connectivity index (χ2v) is 6.70. The number of halogens is 1. The van der Waals surface area contributed by atoms with Gasteiger partial charge < -0.3 is 4.90 Å². The Morgan fingerprint density at radius 2 is 1.68 bits per heavy atom. The lowest BCUT2D eigenvalue weighted by atomic mass is 10.2. The van der Waals surface area contributed by atoms with Crippen LogP contribution in [0.25, 0.3) is 0 Å². The molecule has 0 saturated carbocycles. The fraction of sp³-hybridized carbons (Fsp3) is 0.286. The highest BCUT2D eigenvalue weighted by molar-refractivity contribution is 6.16. The van der Waals surface area contributed by atoms with Crippen LogP contribution in [0.3, 0.4) is 0 Å². The molecule has 1 saturated heterocycles. The SMILES string of the molecule is CCN(C(=O)CN1C(=O)[C@@H](C)N(c2ccc(C)cc2)C1=O)c1ccc(F)cc1. The average Bonchev–Trinajstić information content (AvgIpc) is 2.88. The lowest BCUT2D eigenvalue weighted by molar-refractivity contribution is -0.131. The maximum Gasteiger partial charge on any atom is 0.332 e. The van der Waals surface area contributed by atoms with Gasteiger partial charge in [0.25, 0.3) is 5.91 Å². The summed E-state index contributed by atoms with van der Waals surface area (Å²) in [6.07, 6.45) is 0. The molecule has 0 N–H and O–H groups in total. The second kappa shape index (κ2) is 7.80. The standard InChI is InChI=1S/C21H22FN3O3/c1-4-23(17-11-7-16(22)8-12-17)19(26)13-24-20(27)15(3)25(21(24)28)18-9-5-14(2)6-10-18/h5-12,15H,4,13H2,1-3H3/t15-/m1/s1. The summed E-state index contributed by atoms with van der Waals surface area (Å²) in [6, 6.07) is 11.6. The summed E-state index contributed by atoms with van der Waals surface area (Å²) in [6.45, 7) is 5.32. The van der Waals surface area contributed by atoms with Crippen molar-refractivity contribution >= 4 is 29.2 Å². The highest BCUT2D eigenvalue weighted by Crippen LogP contribution is 2.26. The van der Waals surface area contributed by atoms with Crippen molar-refractivity contribution in [2.24, 2.45) is 0 Å². The first kappa shape index (κ1) is 19.5. The molecule has 1 atom stereocenters. The molecule has 0 radical (unpaired) electrons. The van der Waals surface area contributed by atoms with E-state index in [1.54, 1.807) is 26.0 Å². The van der Waals surface area contributed by atoms with E-state index in [1.807, 2.05) is 19.1 Å². The van der Waals surface area contributed by atoms with Crippen molar-refractivity contribution in [1.82, 2.24) is 4.90 Å². The highest BCUT2D eigenvalue weighted by Gasteiger charge is 2.44. The molecule has 0 bridgehead atoms. The number of hydrogen-bond donors (Lipinski definition) is 0. The monoisotopic (exact) mass is 383 g/mol. The Bertz CT molecular complexity index is 896. The number of rotatable bonds is 5. The lowest BCUT2D eigenvalue weighted by Gasteiger charge is -2.24. The molecule has 3 rings (SSSR count). The first-order valence-electron chi connectivity index (χ1n) is 9.10. The van der Waals surface area contributed by atoms with Gasteiger partial charge in [-0.05, 0) is 57.2 Å². The van der Waals surface area contributed by atoms with E-state index in [4.69, 9.17) is 0 Å². The number of carbonyl (C=O) groups excluding carboxylic acids is 3. The molecule has 28 heavy (non-hydrogen) atoms. The van der Waals surface area contributed by atoms with Crippen LogP contribution >= 0.6 is 0 Å². The Morgan fingerprint density at radius 1 is 1.07 bits per heavy atom. The van der Waals surface area contributed by atoms with Crippen LogP contribution in [0.2, 0.25) is 0 Å². The van der Waals surface area contributed by atoms with E-state index in [-0.39, 0.29) is 6.54 Å². The zero-order valence-electron chi connectivity index (χ0n) is 16.1. The number of carbonyl (C=O) groups is 3. The van der Waals surface area contributed by atoms with Gasteiger partial charge in [-0.25, -0.2) is 9.18 Å². The average molecular weight is 383 g/mol. The Kier molecular flexibility index (Phi) is 5.44. The Morgan fingerprint density at radius 3 is 2.25 bits per heavy atom. The fourth-order valence-electron chi connectivity index (χ4n) is 3.26. The Hall–Kier alpha value is -3.22. The number of benzene rings is 2. The molecule has 6 nitrogen and oxygen atoms in total. The molecule has 2 aromatic carbocycles. The van der Waals surface area contributed by atoms with Crippen LogP contribution in [-0.4, -0.2) is 41.9 Å². The van der Waals surface area contributed by atoms with Crippen molar-refractivity contribution < 1.29 is 18.8 Å². The van der Waals surface area contributed by atoms with E-state index in [9.17, 15) is 18.8 Å². The quantitative estimate of drug-likeness (QED) is 0.744. The third-order valence-electron chi connectivity index (χ3n) is 4.81. The topological polar surface area (TPSA) is 60.9 Å². The van der Waals surface area contributed by atoms with E-state index in [0.717, 1.165) is 10.5 Å². The van der Waals surface area contributed by atoms with Crippen LogP contribution in [0.5, 0.6) is 0 Å². The van der Waals surface area contributed by atoms with Gasteiger partial charge in [-0.3, -0.25) is 19.4 Å². The number of likely N-dealkylation sites (N-methyl/N-ethyl adjacent to an activating group) is 1. The molecule has 1 heterocycles. The van der Waals surface area contributed by atoms with Crippen LogP contribution < -0.4 is 9.80 Å². The van der Waals surface area contributed by atoms with Gasteiger partial charge in [0.15, 0.2) is 0 Å². The van der Waals surface area contributed by atoms with Gasteiger partial charge in [0.2, 0.25) is 5.91 Å². The number of imide groups is 1. The van der Waals surface area contributed by atoms with E-state index in [0.29, 0.717) is 17.9 Å². The molecule has 1 fully saturated rings.